The third-order valence-electron chi connectivity index (χ3n) is 6.32. The second-order valence-electron chi connectivity index (χ2n) is 9.32. The molecule has 0 spiro atoms. The number of nitrogens with zero attached hydrogens (tertiary/aromatic N) is 8. The molecule has 15 heteroatoms. The average molecular weight is 537 g/mol. The summed E-state index contributed by atoms with van der Waals surface area (Å²) in [5.74, 6) is 1.54. The van der Waals surface area contributed by atoms with E-state index in [9.17, 15) is 13.2 Å². The molecular formula is C23H31F3N10O2. The molecule has 0 amide bonds. The summed E-state index contributed by atoms with van der Waals surface area (Å²) in [6.45, 7) is 6.27. The van der Waals surface area contributed by atoms with Gasteiger partial charge in [0.25, 0.3) is 0 Å². The first kappa shape index (κ1) is 26.5. The molecule has 0 aliphatic carbocycles. The van der Waals surface area contributed by atoms with Crippen LogP contribution in [0.25, 0.3) is 11.0 Å². The molecule has 0 radical (unpaired) electrons. The number of alkyl halides is 3. The molecule has 1 atom stereocenters. The number of anilines is 3. The van der Waals surface area contributed by atoms with Gasteiger partial charge in [-0.2, -0.15) is 23.3 Å². The van der Waals surface area contributed by atoms with Gasteiger partial charge in [-0.15, -0.1) is 0 Å². The summed E-state index contributed by atoms with van der Waals surface area (Å²) in [5, 5.41) is 11.5. The van der Waals surface area contributed by atoms with Crippen molar-refractivity contribution in [2.75, 3.05) is 69.4 Å². The third-order valence-corrected chi connectivity index (χ3v) is 6.32. The lowest BCUT2D eigenvalue weighted by Gasteiger charge is -2.32. The van der Waals surface area contributed by atoms with E-state index in [-0.39, 0.29) is 19.2 Å². The highest BCUT2D eigenvalue weighted by molar-refractivity contribution is 5.90. The van der Waals surface area contributed by atoms with Crippen LogP contribution in [-0.2, 0) is 22.6 Å². The summed E-state index contributed by atoms with van der Waals surface area (Å²) < 4.78 is 49.9. The number of halogens is 3. The number of hydrogen-bond acceptors (Lipinski definition) is 11. The Morgan fingerprint density at radius 1 is 1.21 bits per heavy atom. The normalized spacial score (nSPS) is 19.3. The summed E-state index contributed by atoms with van der Waals surface area (Å²) >= 11 is 0. The van der Waals surface area contributed by atoms with E-state index >= 15 is 0 Å². The standard InChI is InChI=1S/C23H31F3N10O2/c1-16-12-35(5-4-28-16)22-31-19-17(13-34-6-9-37-10-7-34)33-36(8-11-38-14-23(24,25)26)20(19)21(32-22)30-18-2-3-27-15-29-18/h2-3,15-16,28H,4-14H2,1H3,(H,27,29,30,31,32)/t16-/m1/s1. The van der Waals surface area contributed by atoms with Gasteiger partial charge in [0, 0.05) is 51.5 Å². The largest absolute Gasteiger partial charge is 0.411 e. The Bertz CT molecular complexity index is 1200. The number of nitrogens with one attached hydrogen (secondary N) is 2. The van der Waals surface area contributed by atoms with Crippen LogP contribution in [0.15, 0.2) is 18.6 Å². The van der Waals surface area contributed by atoms with Crippen LogP contribution >= 0.6 is 0 Å². The van der Waals surface area contributed by atoms with Gasteiger partial charge in [-0.1, -0.05) is 0 Å². The topological polar surface area (TPSA) is 118 Å². The molecular weight excluding hydrogens is 505 g/mol. The van der Waals surface area contributed by atoms with Gasteiger partial charge in [0.1, 0.15) is 35.5 Å². The zero-order valence-electron chi connectivity index (χ0n) is 21.1. The minimum absolute atomic E-state index is 0.0987. The minimum Gasteiger partial charge on any atom is -0.379 e. The molecule has 2 N–H and O–H groups in total. The average Bonchev–Trinajstić information content (AvgIpc) is 3.24. The molecule has 5 heterocycles. The lowest BCUT2D eigenvalue weighted by molar-refractivity contribution is -0.174. The third kappa shape index (κ3) is 6.64. The number of hydrogen-bond donors (Lipinski definition) is 2. The Labute approximate surface area is 217 Å². The molecule has 5 rings (SSSR count). The zero-order chi connectivity index (χ0) is 26.5. The quantitative estimate of drug-likeness (QED) is 0.388. The van der Waals surface area contributed by atoms with Gasteiger partial charge in [0.2, 0.25) is 5.95 Å². The van der Waals surface area contributed by atoms with Crippen LogP contribution in [-0.4, -0.2) is 106 Å². The van der Waals surface area contributed by atoms with Gasteiger partial charge < -0.3 is 25.0 Å². The predicted octanol–water partition coefficient (Wildman–Crippen LogP) is 1.57. The maximum Gasteiger partial charge on any atom is 0.411 e. The molecule has 2 aliphatic heterocycles. The monoisotopic (exact) mass is 536 g/mol. The van der Waals surface area contributed by atoms with Gasteiger partial charge >= 0.3 is 6.18 Å². The fourth-order valence-corrected chi connectivity index (χ4v) is 4.54. The van der Waals surface area contributed by atoms with E-state index in [4.69, 9.17) is 24.5 Å². The highest BCUT2D eigenvalue weighted by Crippen LogP contribution is 2.29. The number of morpholine rings is 1. The molecule has 206 valence electrons. The van der Waals surface area contributed by atoms with Crippen molar-refractivity contribution in [2.45, 2.75) is 32.2 Å². The van der Waals surface area contributed by atoms with E-state index in [1.165, 1.54) is 6.33 Å². The Hall–Kier alpha value is -3.14. The lowest BCUT2D eigenvalue weighted by Crippen LogP contribution is -2.49. The highest BCUT2D eigenvalue weighted by atomic mass is 19.4. The minimum atomic E-state index is -4.40. The van der Waals surface area contributed by atoms with Crippen molar-refractivity contribution in [3.05, 3.63) is 24.3 Å². The Morgan fingerprint density at radius 2 is 2.05 bits per heavy atom. The van der Waals surface area contributed by atoms with Gasteiger partial charge in [0.15, 0.2) is 5.82 Å². The summed E-state index contributed by atoms with van der Waals surface area (Å²) in [7, 11) is 0. The Kier molecular flexibility index (Phi) is 8.16. The van der Waals surface area contributed by atoms with Crippen molar-refractivity contribution < 1.29 is 22.6 Å². The maximum atomic E-state index is 12.6. The number of fused-ring (bicyclic) bond motifs is 1. The van der Waals surface area contributed by atoms with Gasteiger partial charge in [0.05, 0.1) is 26.4 Å². The summed E-state index contributed by atoms with van der Waals surface area (Å²) in [6.07, 6.45) is -1.36. The van der Waals surface area contributed by atoms with E-state index < -0.39 is 12.8 Å². The van der Waals surface area contributed by atoms with Crippen molar-refractivity contribution in [2.24, 2.45) is 0 Å². The second-order valence-corrected chi connectivity index (χ2v) is 9.32. The molecule has 0 unspecified atom stereocenters. The summed E-state index contributed by atoms with van der Waals surface area (Å²) in [6, 6.07) is 1.98. The van der Waals surface area contributed by atoms with Crippen LogP contribution < -0.4 is 15.5 Å². The first-order valence-electron chi connectivity index (χ1n) is 12.6. The summed E-state index contributed by atoms with van der Waals surface area (Å²) in [5.41, 5.74) is 1.93. The van der Waals surface area contributed by atoms with Crippen molar-refractivity contribution in [1.82, 2.24) is 39.9 Å². The van der Waals surface area contributed by atoms with E-state index in [0.717, 1.165) is 38.4 Å². The van der Waals surface area contributed by atoms with Crippen molar-refractivity contribution in [3.8, 4) is 0 Å². The zero-order valence-corrected chi connectivity index (χ0v) is 21.1. The van der Waals surface area contributed by atoms with Crippen LogP contribution in [0.5, 0.6) is 0 Å². The number of rotatable bonds is 9. The number of aromatic nitrogens is 6. The first-order chi connectivity index (χ1) is 18.4. The maximum absolute atomic E-state index is 12.6. The van der Waals surface area contributed by atoms with E-state index in [1.807, 2.05) is 0 Å². The molecule has 2 aliphatic rings. The predicted molar refractivity (Wildman–Crippen MR) is 133 cm³/mol. The molecule has 3 aromatic rings. The van der Waals surface area contributed by atoms with Gasteiger partial charge in [-0.3, -0.25) is 9.58 Å². The van der Waals surface area contributed by atoms with E-state index in [1.54, 1.807) is 16.9 Å². The Balaban J connectivity index is 1.54. The number of ether oxygens (including phenoxy) is 2. The van der Waals surface area contributed by atoms with Crippen LogP contribution in [0, 0.1) is 0 Å². The molecule has 38 heavy (non-hydrogen) atoms. The van der Waals surface area contributed by atoms with Crippen molar-refractivity contribution in [3.63, 3.8) is 0 Å². The number of piperazine rings is 1. The van der Waals surface area contributed by atoms with E-state index in [0.29, 0.717) is 48.4 Å². The van der Waals surface area contributed by atoms with Crippen LogP contribution in [0.2, 0.25) is 0 Å². The van der Waals surface area contributed by atoms with Crippen LogP contribution in [0.3, 0.4) is 0 Å². The van der Waals surface area contributed by atoms with Crippen molar-refractivity contribution >= 4 is 28.6 Å². The molecule has 0 saturated carbocycles. The van der Waals surface area contributed by atoms with Crippen LogP contribution in [0.4, 0.5) is 30.8 Å². The fourth-order valence-electron chi connectivity index (χ4n) is 4.54. The van der Waals surface area contributed by atoms with E-state index in [2.05, 4.69) is 37.3 Å². The Morgan fingerprint density at radius 3 is 2.79 bits per heavy atom. The van der Waals surface area contributed by atoms with Crippen molar-refractivity contribution in [1.29, 1.82) is 0 Å². The summed E-state index contributed by atoms with van der Waals surface area (Å²) in [4.78, 5) is 22.4. The van der Waals surface area contributed by atoms with Gasteiger partial charge in [-0.25, -0.2) is 15.0 Å². The van der Waals surface area contributed by atoms with Crippen LogP contribution in [0.1, 0.15) is 12.6 Å². The first-order valence-corrected chi connectivity index (χ1v) is 12.6. The molecule has 3 aromatic heterocycles. The lowest BCUT2D eigenvalue weighted by atomic mass is 10.2. The second kappa shape index (κ2) is 11.7. The molecule has 2 fully saturated rings. The fraction of sp³-hybridized carbons (Fsp3) is 0.609. The highest BCUT2D eigenvalue weighted by Gasteiger charge is 2.28. The molecule has 0 aromatic carbocycles. The van der Waals surface area contributed by atoms with Gasteiger partial charge in [-0.05, 0) is 13.0 Å². The SMILES string of the molecule is C[C@@H]1CN(c2nc(Nc3ccncn3)c3c(n2)c(CN2CCOCC2)nn3CCOCC(F)(F)F)CCN1. The molecule has 0 bridgehead atoms. The molecule has 12 nitrogen and oxygen atoms in total. The molecule has 2 saturated heterocycles. The smallest absolute Gasteiger partial charge is 0.379 e.